The third-order valence-electron chi connectivity index (χ3n) is 3.01. The summed E-state index contributed by atoms with van der Waals surface area (Å²) in [6.07, 6.45) is 1.38. The number of hydrogen-bond donors (Lipinski definition) is 2. The molecule has 1 heterocycles. The van der Waals surface area contributed by atoms with Crippen LogP contribution in [-0.2, 0) is 11.3 Å². The Labute approximate surface area is 112 Å². The van der Waals surface area contributed by atoms with Crippen molar-refractivity contribution >= 4 is 11.9 Å². The molecule has 0 saturated heterocycles. The Kier molecular flexibility index (Phi) is 5.54. The Morgan fingerprint density at radius 2 is 2.00 bits per heavy atom. The molecular formula is C13H21N3O3. The molecule has 0 spiro atoms. The molecule has 0 fully saturated rings. The van der Waals surface area contributed by atoms with E-state index in [2.05, 4.69) is 10.4 Å². The molecule has 0 aromatic carbocycles. The third kappa shape index (κ3) is 4.08. The normalized spacial score (nSPS) is 10.5. The number of amides is 1. The molecular weight excluding hydrogens is 246 g/mol. The molecule has 1 aromatic heterocycles. The molecule has 0 aliphatic carbocycles. The van der Waals surface area contributed by atoms with Crippen molar-refractivity contribution in [3.8, 4) is 0 Å². The molecule has 1 aromatic rings. The van der Waals surface area contributed by atoms with Gasteiger partial charge in [-0.3, -0.25) is 14.3 Å². The molecule has 6 heteroatoms. The van der Waals surface area contributed by atoms with Crippen molar-refractivity contribution < 1.29 is 14.7 Å². The summed E-state index contributed by atoms with van der Waals surface area (Å²) < 4.78 is 1.80. The molecule has 0 unspecified atom stereocenters. The zero-order chi connectivity index (χ0) is 14.4. The standard InChI is InChI=1S/C13H21N3O3/c1-4-16-10(3)12(9(2)15-16)13(19)14-8-6-5-7-11(17)18/h4-8H2,1-3H3,(H,14,19)(H,17,18). The molecule has 0 saturated carbocycles. The zero-order valence-corrected chi connectivity index (χ0v) is 11.7. The van der Waals surface area contributed by atoms with Gasteiger partial charge < -0.3 is 10.4 Å². The lowest BCUT2D eigenvalue weighted by Crippen LogP contribution is -2.25. The van der Waals surface area contributed by atoms with Gasteiger partial charge in [0, 0.05) is 25.2 Å². The second kappa shape index (κ2) is 6.92. The fourth-order valence-electron chi connectivity index (χ4n) is 2.02. The lowest BCUT2D eigenvalue weighted by molar-refractivity contribution is -0.137. The van der Waals surface area contributed by atoms with E-state index >= 15 is 0 Å². The first kappa shape index (κ1) is 15.2. The molecule has 2 N–H and O–H groups in total. The fourth-order valence-corrected chi connectivity index (χ4v) is 2.02. The number of carboxylic acids is 1. The van der Waals surface area contributed by atoms with E-state index in [0.29, 0.717) is 24.9 Å². The van der Waals surface area contributed by atoms with Crippen LogP contribution in [0.3, 0.4) is 0 Å². The van der Waals surface area contributed by atoms with Crippen LogP contribution >= 0.6 is 0 Å². The minimum Gasteiger partial charge on any atom is -0.481 e. The van der Waals surface area contributed by atoms with E-state index in [0.717, 1.165) is 17.9 Å². The van der Waals surface area contributed by atoms with Crippen molar-refractivity contribution in [3.63, 3.8) is 0 Å². The maximum atomic E-state index is 12.0. The number of unbranched alkanes of at least 4 members (excludes halogenated alkanes) is 1. The highest BCUT2D eigenvalue weighted by Gasteiger charge is 2.17. The van der Waals surface area contributed by atoms with E-state index < -0.39 is 5.97 Å². The van der Waals surface area contributed by atoms with E-state index in [9.17, 15) is 9.59 Å². The van der Waals surface area contributed by atoms with Crippen LogP contribution in [0.1, 0.15) is 47.9 Å². The van der Waals surface area contributed by atoms with Crippen molar-refractivity contribution in [2.24, 2.45) is 0 Å². The molecule has 1 amide bonds. The smallest absolute Gasteiger partial charge is 0.303 e. The Balaban J connectivity index is 2.50. The summed E-state index contributed by atoms with van der Waals surface area (Å²) in [6, 6.07) is 0. The van der Waals surface area contributed by atoms with Gasteiger partial charge in [0.25, 0.3) is 5.91 Å². The number of carbonyl (C=O) groups is 2. The Morgan fingerprint density at radius 3 is 2.53 bits per heavy atom. The first-order chi connectivity index (χ1) is 8.97. The molecule has 6 nitrogen and oxygen atoms in total. The number of rotatable bonds is 7. The van der Waals surface area contributed by atoms with E-state index in [1.54, 1.807) is 4.68 Å². The van der Waals surface area contributed by atoms with Crippen LogP contribution in [0.25, 0.3) is 0 Å². The molecule has 1 rings (SSSR count). The van der Waals surface area contributed by atoms with Crippen molar-refractivity contribution in [1.82, 2.24) is 15.1 Å². The van der Waals surface area contributed by atoms with E-state index in [1.165, 1.54) is 0 Å². The van der Waals surface area contributed by atoms with Gasteiger partial charge in [0.05, 0.1) is 11.3 Å². The monoisotopic (exact) mass is 267 g/mol. The highest BCUT2D eigenvalue weighted by molar-refractivity contribution is 5.96. The molecule has 0 radical (unpaired) electrons. The van der Waals surface area contributed by atoms with Crippen LogP contribution in [0.4, 0.5) is 0 Å². The maximum Gasteiger partial charge on any atom is 0.303 e. The van der Waals surface area contributed by atoms with E-state index in [1.807, 2.05) is 20.8 Å². The average molecular weight is 267 g/mol. The van der Waals surface area contributed by atoms with Crippen LogP contribution in [0.2, 0.25) is 0 Å². The SMILES string of the molecule is CCn1nc(C)c(C(=O)NCCCCC(=O)O)c1C. The Morgan fingerprint density at radius 1 is 1.32 bits per heavy atom. The number of carboxylic acid groups (broad SMARTS) is 1. The molecule has 0 aliphatic rings. The average Bonchev–Trinajstić information content (AvgIpc) is 2.63. The van der Waals surface area contributed by atoms with Gasteiger partial charge in [0.2, 0.25) is 0 Å². The molecule has 0 bridgehead atoms. The predicted molar refractivity (Wildman–Crippen MR) is 71.2 cm³/mol. The minimum absolute atomic E-state index is 0.134. The number of carbonyl (C=O) groups excluding carboxylic acids is 1. The number of nitrogens with one attached hydrogen (secondary N) is 1. The lowest BCUT2D eigenvalue weighted by Gasteiger charge is -2.05. The first-order valence-electron chi connectivity index (χ1n) is 6.51. The van der Waals surface area contributed by atoms with Gasteiger partial charge in [-0.25, -0.2) is 0 Å². The summed E-state index contributed by atoms with van der Waals surface area (Å²) in [4.78, 5) is 22.4. The zero-order valence-electron chi connectivity index (χ0n) is 11.7. The topological polar surface area (TPSA) is 84.2 Å². The molecule has 0 atom stereocenters. The summed E-state index contributed by atoms with van der Waals surface area (Å²) in [6.45, 7) is 6.90. The van der Waals surface area contributed by atoms with Gasteiger partial charge in [0.1, 0.15) is 0 Å². The number of nitrogens with zero attached hydrogens (tertiary/aromatic N) is 2. The fraction of sp³-hybridized carbons (Fsp3) is 0.615. The largest absolute Gasteiger partial charge is 0.481 e. The predicted octanol–water partition coefficient (Wildman–Crippen LogP) is 1.50. The van der Waals surface area contributed by atoms with Crippen molar-refractivity contribution in [2.45, 2.75) is 46.6 Å². The van der Waals surface area contributed by atoms with Gasteiger partial charge >= 0.3 is 5.97 Å². The highest BCUT2D eigenvalue weighted by atomic mass is 16.4. The highest BCUT2D eigenvalue weighted by Crippen LogP contribution is 2.12. The summed E-state index contributed by atoms with van der Waals surface area (Å²) in [5.41, 5.74) is 2.21. The maximum absolute atomic E-state index is 12.0. The van der Waals surface area contributed by atoms with Gasteiger partial charge in [-0.1, -0.05) is 0 Å². The van der Waals surface area contributed by atoms with Crippen LogP contribution in [0, 0.1) is 13.8 Å². The van der Waals surface area contributed by atoms with Gasteiger partial charge in [-0.05, 0) is 33.6 Å². The van der Waals surface area contributed by atoms with Crippen LogP contribution in [-0.4, -0.2) is 33.3 Å². The van der Waals surface area contributed by atoms with Gasteiger partial charge in [-0.2, -0.15) is 5.10 Å². The Hall–Kier alpha value is -1.85. The van der Waals surface area contributed by atoms with Crippen molar-refractivity contribution in [2.75, 3.05) is 6.54 Å². The van der Waals surface area contributed by atoms with E-state index in [-0.39, 0.29) is 12.3 Å². The number of aromatic nitrogens is 2. The molecule has 0 aliphatic heterocycles. The second-order valence-electron chi connectivity index (χ2n) is 4.47. The first-order valence-corrected chi connectivity index (χ1v) is 6.51. The van der Waals surface area contributed by atoms with Crippen molar-refractivity contribution in [3.05, 3.63) is 17.0 Å². The summed E-state index contributed by atoms with van der Waals surface area (Å²) >= 11 is 0. The number of aliphatic carboxylic acids is 1. The number of hydrogen-bond acceptors (Lipinski definition) is 3. The summed E-state index contributed by atoms with van der Waals surface area (Å²) in [5, 5.41) is 15.6. The lowest BCUT2D eigenvalue weighted by atomic mass is 10.1. The van der Waals surface area contributed by atoms with Gasteiger partial charge in [-0.15, -0.1) is 0 Å². The molecule has 19 heavy (non-hydrogen) atoms. The third-order valence-corrected chi connectivity index (χ3v) is 3.01. The van der Waals surface area contributed by atoms with Crippen LogP contribution in [0.5, 0.6) is 0 Å². The van der Waals surface area contributed by atoms with Crippen molar-refractivity contribution in [1.29, 1.82) is 0 Å². The van der Waals surface area contributed by atoms with E-state index in [4.69, 9.17) is 5.11 Å². The summed E-state index contributed by atoms with van der Waals surface area (Å²) in [5.74, 6) is -0.938. The Bertz CT molecular complexity index is 466. The van der Waals surface area contributed by atoms with Crippen LogP contribution in [0.15, 0.2) is 0 Å². The summed E-state index contributed by atoms with van der Waals surface area (Å²) in [7, 11) is 0. The minimum atomic E-state index is -0.803. The number of aryl methyl sites for hydroxylation is 2. The quantitative estimate of drug-likeness (QED) is 0.733. The molecule has 106 valence electrons. The second-order valence-corrected chi connectivity index (χ2v) is 4.47. The van der Waals surface area contributed by atoms with Gasteiger partial charge in [0.15, 0.2) is 0 Å². The van der Waals surface area contributed by atoms with Crippen LogP contribution < -0.4 is 5.32 Å².